The normalized spacial score (nSPS) is 6.75. The standard InChI is InChI=1S/3CH3.Zn/h3*1H3;. The van der Waals surface area contributed by atoms with Crippen molar-refractivity contribution in [2.45, 2.75) is 16.6 Å². The summed E-state index contributed by atoms with van der Waals surface area (Å²) in [7, 11) is 0. The van der Waals surface area contributed by atoms with Gasteiger partial charge in [-0.15, -0.1) is 0 Å². The minimum atomic E-state index is -0.625. The first-order valence-electron chi connectivity index (χ1n) is 2.12. The van der Waals surface area contributed by atoms with Crippen molar-refractivity contribution in [3.8, 4) is 0 Å². The molecule has 0 aliphatic rings. The topological polar surface area (TPSA) is 0 Å². The van der Waals surface area contributed by atoms with E-state index in [1.165, 1.54) is 0 Å². The van der Waals surface area contributed by atoms with Crippen molar-refractivity contribution in [1.29, 1.82) is 0 Å². The van der Waals surface area contributed by atoms with Crippen LogP contribution in [0, 0.1) is 0 Å². The second kappa shape index (κ2) is 1.90. The van der Waals surface area contributed by atoms with E-state index in [-0.39, 0.29) is 0 Å². The van der Waals surface area contributed by atoms with Crippen LogP contribution in [0.3, 0.4) is 0 Å². The van der Waals surface area contributed by atoms with Gasteiger partial charge in [-0.3, -0.25) is 0 Å². The molecule has 0 aliphatic heterocycles. The quantitative estimate of drug-likeness (QED) is 0.417. The Morgan fingerprint density at radius 3 is 1.00 bits per heavy atom. The van der Waals surface area contributed by atoms with Gasteiger partial charge in [-0.1, -0.05) is 0 Å². The van der Waals surface area contributed by atoms with Gasteiger partial charge in [-0.05, 0) is 0 Å². The van der Waals surface area contributed by atoms with Crippen LogP contribution in [0.4, 0.5) is 0 Å². The molecule has 0 saturated heterocycles. The first-order chi connectivity index (χ1) is 1.73. The molecule has 0 aliphatic carbocycles. The van der Waals surface area contributed by atoms with E-state index >= 15 is 0 Å². The molecule has 0 radical (unpaired) electrons. The maximum absolute atomic E-state index is 2.38. The maximum atomic E-state index is 2.38. The molecule has 4 heavy (non-hydrogen) atoms. The summed E-state index contributed by atoms with van der Waals surface area (Å²) in [5, 5.41) is 0. The molecule has 0 unspecified atom stereocenters. The number of rotatable bonds is 0. The SMILES string of the molecule is [CH3][Zn]([CH3])[CH3]. The van der Waals surface area contributed by atoms with Crippen molar-refractivity contribution in [3.05, 3.63) is 0 Å². The Morgan fingerprint density at radius 2 is 1.00 bits per heavy atom. The van der Waals surface area contributed by atoms with E-state index in [0.29, 0.717) is 0 Å². The molecule has 0 heterocycles. The fourth-order valence-electron chi connectivity index (χ4n) is 0. The molecule has 0 spiro atoms. The summed E-state index contributed by atoms with van der Waals surface area (Å²) in [5.41, 5.74) is 7.12. The molecule has 0 bridgehead atoms. The van der Waals surface area contributed by atoms with Crippen molar-refractivity contribution in [2.24, 2.45) is 0 Å². The summed E-state index contributed by atoms with van der Waals surface area (Å²) >= 11 is -0.625. The van der Waals surface area contributed by atoms with E-state index in [4.69, 9.17) is 0 Å². The molecule has 1 heteroatoms. The molecule has 0 N–H and O–H groups in total. The number of hydrogen-bond donors (Lipinski definition) is 0. The van der Waals surface area contributed by atoms with Crippen LogP contribution in [0.1, 0.15) is 0 Å². The van der Waals surface area contributed by atoms with E-state index in [1.807, 2.05) is 0 Å². The Kier molecular flexibility index (Phi) is 2.20. The van der Waals surface area contributed by atoms with Gasteiger partial charge in [-0.25, -0.2) is 0 Å². The second-order valence-electron chi connectivity index (χ2n) is 2.12. The average Bonchev–Trinajstić information content (AvgIpc) is 0.811. The molecular weight excluding hydrogens is 101 g/mol. The zero-order valence-electron chi connectivity index (χ0n) is 3.71. The van der Waals surface area contributed by atoms with Gasteiger partial charge >= 0.3 is 32.5 Å². The van der Waals surface area contributed by atoms with Gasteiger partial charge in [0.05, 0.1) is 0 Å². The molecule has 0 aromatic rings. The molecule has 0 nitrogen and oxygen atoms in total. The van der Waals surface area contributed by atoms with Crippen LogP contribution in [-0.4, -0.2) is 0 Å². The zero-order chi connectivity index (χ0) is 3.58. The molecule has 0 amide bonds. The first-order valence-corrected chi connectivity index (χ1v) is 11.0. The van der Waals surface area contributed by atoms with Crippen molar-refractivity contribution >= 4 is 0 Å². The summed E-state index contributed by atoms with van der Waals surface area (Å²) in [5.74, 6) is 0. The van der Waals surface area contributed by atoms with Crippen molar-refractivity contribution in [1.82, 2.24) is 0 Å². The molecule has 0 saturated carbocycles. The van der Waals surface area contributed by atoms with Crippen molar-refractivity contribution in [3.63, 3.8) is 0 Å². The Morgan fingerprint density at radius 1 is 1.00 bits per heavy atom. The third kappa shape index (κ3) is 17.8. The molecule has 0 aromatic carbocycles. The average molecular weight is 110 g/mol. The van der Waals surface area contributed by atoms with Crippen molar-refractivity contribution < 1.29 is 16.0 Å². The summed E-state index contributed by atoms with van der Waals surface area (Å²) in [4.78, 5) is 0. The number of hydrogen-bond acceptors (Lipinski definition) is 0. The van der Waals surface area contributed by atoms with E-state index in [9.17, 15) is 0 Å². The van der Waals surface area contributed by atoms with Gasteiger partial charge in [0.25, 0.3) is 0 Å². The molecule has 23 valence electrons. The Labute approximate surface area is 33.1 Å². The van der Waals surface area contributed by atoms with E-state index < -0.39 is 16.0 Å². The third-order valence-electron chi connectivity index (χ3n) is 0. The Bertz CT molecular complexity index is 8.00. The van der Waals surface area contributed by atoms with Crippen LogP contribution >= 0.6 is 0 Å². The summed E-state index contributed by atoms with van der Waals surface area (Å²) in [6, 6.07) is 0. The predicted octanol–water partition coefficient (Wildman–Crippen LogP) is 1.75. The monoisotopic (exact) mass is 109 g/mol. The summed E-state index contributed by atoms with van der Waals surface area (Å²) in [6.07, 6.45) is 0. The van der Waals surface area contributed by atoms with E-state index in [1.54, 1.807) is 0 Å². The van der Waals surface area contributed by atoms with Crippen LogP contribution < -0.4 is 0 Å². The third-order valence-corrected chi connectivity index (χ3v) is 0. The van der Waals surface area contributed by atoms with Gasteiger partial charge in [0, 0.05) is 0 Å². The van der Waals surface area contributed by atoms with Crippen LogP contribution in [0.25, 0.3) is 0 Å². The van der Waals surface area contributed by atoms with Gasteiger partial charge in [0.15, 0.2) is 0 Å². The van der Waals surface area contributed by atoms with Crippen LogP contribution in [-0.2, 0) is 16.0 Å². The van der Waals surface area contributed by atoms with Crippen LogP contribution in [0.15, 0.2) is 0 Å². The Hall–Kier alpha value is 0.623. The summed E-state index contributed by atoms with van der Waals surface area (Å²) < 4.78 is 0. The fraction of sp³-hybridized carbons (Fsp3) is 1.00. The predicted molar refractivity (Wildman–Crippen MR) is 17.6 cm³/mol. The van der Waals surface area contributed by atoms with Gasteiger partial charge in [-0.2, -0.15) is 0 Å². The first kappa shape index (κ1) is 4.62. The molecule has 0 atom stereocenters. The molecular formula is C3H9Zn. The van der Waals surface area contributed by atoms with Crippen molar-refractivity contribution in [2.75, 3.05) is 0 Å². The molecule has 0 fully saturated rings. The minimum absolute atomic E-state index is 0.625. The fourth-order valence-corrected chi connectivity index (χ4v) is 0. The zero-order valence-corrected chi connectivity index (χ0v) is 6.67. The summed E-state index contributed by atoms with van der Waals surface area (Å²) in [6.45, 7) is 0. The van der Waals surface area contributed by atoms with E-state index in [2.05, 4.69) is 16.6 Å². The van der Waals surface area contributed by atoms with Gasteiger partial charge in [0.1, 0.15) is 0 Å². The molecule has 0 rings (SSSR count). The van der Waals surface area contributed by atoms with Gasteiger partial charge < -0.3 is 0 Å². The van der Waals surface area contributed by atoms with Crippen LogP contribution in [0.5, 0.6) is 0 Å². The van der Waals surface area contributed by atoms with E-state index in [0.717, 1.165) is 0 Å². The second-order valence-corrected chi connectivity index (χ2v) is 11.0. The van der Waals surface area contributed by atoms with Crippen LogP contribution in [0.2, 0.25) is 16.6 Å². The van der Waals surface area contributed by atoms with Gasteiger partial charge in [0.2, 0.25) is 0 Å². The molecule has 0 aromatic heterocycles. The Balaban J connectivity index is 2.32.